The number of nitrogens with zero attached hydrogens (tertiary/aromatic N) is 2. The first-order valence-electron chi connectivity index (χ1n) is 7.05. The van der Waals surface area contributed by atoms with Gasteiger partial charge in [0.1, 0.15) is 4.83 Å². The Bertz CT molecular complexity index is 723. The van der Waals surface area contributed by atoms with Crippen LogP contribution in [0, 0.1) is 6.92 Å². The first kappa shape index (κ1) is 16.6. The zero-order valence-electron chi connectivity index (χ0n) is 12.6. The summed E-state index contributed by atoms with van der Waals surface area (Å²) in [7, 11) is 0. The normalized spacial score (nSPS) is 11.0. The molecule has 0 aromatic carbocycles. The molecule has 0 bridgehead atoms. The number of aromatic nitrogens is 2. The zero-order valence-corrected chi connectivity index (χ0v) is 13.4. The Morgan fingerprint density at radius 2 is 2.27 bits per heavy atom. The molecule has 120 valence electrons. The van der Waals surface area contributed by atoms with Crippen LogP contribution in [0.3, 0.4) is 0 Å². The summed E-state index contributed by atoms with van der Waals surface area (Å²) in [5.74, 6) is -0.240. The van der Waals surface area contributed by atoms with Gasteiger partial charge in [0.25, 0.3) is 11.5 Å². The second-order valence-electron chi connectivity index (χ2n) is 4.66. The predicted octanol–water partition coefficient (Wildman–Crippen LogP) is 0.525. The van der Waals surface area contributed by atoms with E-state index < -0.39 is 0 Å². The van der Waals surface area contributed by atoms with Gasteiger partial charge < -0.3 is 15.2 Å². The standard InChI is InChI=1S/C14H19N3O4S/c1-3-17-8-16-13-10(14(17)20)9(2)11(22-13)12(19)15-4-6-21-7-5-18/h8,18H,3-7H2,1-2H3,(H,15,19). The van der Waals surface area contributed by atoms with Gasteiger partial charge >= 0.3 is 0 Å². The molecule has 22 heavy (non-hydrogen) atoms. The van der Waals surface area contributed by atoms with E-state index in [1.165, 1.54) is 22.2 Å². The smallest absolute Gasteiger partial charge is 0.262 e. The number of rotatable bonds is 7. The third-order valence-electron chi connectivity index (χ3n) is 3.23. The second-order valence-corrected chi connectivity index (χ2v) is 5.66. The molecule has 2 rings (SSSR count). The van der Waals surface area contributed by atoms with E-state index in [9.17, 15) is 9.59 Å². The van der Waals surface area contributed by atoms with E-state index in [2.05, 4.69) is 10.3 Å². The van der Waals surface area contributed by atoms with Gasteiger partial charge in [0.15, 0.2) is 0 Å². The number of ether oxygens (including phenoxy) is 1. The molecule has 0 fully saturated rings. The lowest BCUT2D eigenvalue weighted by Gasteiger charge is -2.04. The summed E-state index contributed by atoms with van der Waals surface area (Å²) >= 11 is 1.22. The van der Waals surface area contributed by atoms with E-state index in [-0.39, 0.29) is 24.7 Å². The van der Waals surface area contributed by atoms with E-state index in [1.807, 2.05) is 6.92 Å². The highest BCUT2D eigenvalue weighted by molar-refractivity contribution is 7.20. The number of aliphatic hydroxyl groups is 1. The second kappa shape index (κ2) is 7.48. The largest absolute Gasteiger partial charge is 0.394 e. The van der Waals surface area contributed by atoms with Gasteiger partial charge in [0.05, 0.1) is 36.4 Å². The van der Waals surface area contributed by atoms with E-state index in [4.69, 9.17) is 9.84 Å². The lowest BCUT2D eigenvalue weighted by molar-refractivity contribution is 0.0840. The fraction of sp³-hybridized carbons (Fsp3) is 0.500. The maximum atomic E-state index is 12.3. The monoisotopic (exact) mass is 325 g/mol. The molecule has 7 nitrogen and oxygen atoms in total. The van der Waals surface area contributed by atoms with Crippen molar-refractivity contribution in [1.29, 1.82) is 0 Å². The van der Waals surface area contributed by atoms with Crippen molar-refractivity contribution in [2.24, 2.45) is 0 Å². The molecule has 0 saturated heterocycles. The van der Waals surface area contributed by atoms with Gasteiger partial charge in [-0.1, -0.05) is 0 Å². The molecule has 0 unspecified atom stereocenters. The maximum absolute atomic E-state index is 12.3. The number of thiophene rings is 1. The van der Waals surface area contributed by atoms with Crippen molar-refractivity contribution in [2.75, 3.05) is 26.4 Å². The van der Waals surface area contributed by atoms with Crippen LogP contribution in [0.25, 0.3) is 10.2 Å². The first-order valence-corrected chi connectivity index (χ1v) is 7.87. The topological polar surface area (TPSA) is 93.5 Å². The van der Waals surface area contributed by atoms with Crippen molar-refractivity contribution in [3.05, 3.63) is 27.1 Å². The van der Waals surface area contributed by atoms with Crippen molar-refractivity contribution < 1.29 is 14.6 Å². The van der Waals surface area contributed by atoms with Gasteiger partial charge in [-0.15, -0.1) is 11.3 Å². The van der Waals surface area contributed by atoms with E-state index >= 15 is 0 Å². The minimum Gasteiger partial charge on any atom is -0.394 e. The molecule has 1 amide bonds. The van der Waals surface area contributed by atoms with Crippen molar-refractivity contribution >= 4 is 27.5 Å². The Balaban J connectivity index is 2.18. The summed E-state index contributed by atoms with van der Waals surface area (Å²) in [6.45, 7) is 5.06. The molecule has 2 aromatic rings. The number of amides is 1. The lowest BCUT2D eigenvalue weighted by Crippen LogP contribution is -2.27. The number of fused-ring (bicyclic) bond motifs is 1. The van der Waals surface area contributed by atoms with Gasteiger partial charge in [0, 0.05) is 13.1 Å². The van der Waals surface area contributed by atoms with E-state index in [0.717, 1.165) is 0 Å². The van der Waals surface area contributed by atoms with Crippen LogP contribution in [0.5, 0.6) is 0 Å². The van der Waals surface area contributed by atoms with Crippen LogP contribution in [0.15, 0.2) is 11.1 Å². The number of carbonyl (C=O) groups is 1. The van der Waals surface area contributed by atoms with Crippen LogP contribution in [0.2, 0.25) is 0 Å². The number of hydrogen-bond acceptors (Lipinski definition) is 6. The average Bonchev–Trinajstić information content (AvgIpc) is 2.85. The Kier molecular flexibility index (Phi) is 5.64. The molecule has 0 aliphatic heterocycles. The summed E-state index contributed by atoms with van der Waals surface area (Å²) in [4.78, 5) is 29.8. The molecule has 2 N–H and O–H groups in total. The van der Waals surface area contributed by atoms with Crippen LogP contribution >= 0.6 is 11.3 Å². The maximum Gasteiger partial charge on any atom is 0.262 e. The van der Waals surface area contributed by atoms with Crippen molar-refractivity contribution in [2.45, 2.75) is 20.4 Å². The van der Waals surface area contributed by atoms with Crippen molar-refractivity contribution in [1.82, 2.24) is 14.9 Å². The Morgan fingerprint density at radius 3 is 2.95 bits per heavy atom. The molecule has 2 aromatic heterocycles. The number of hydrogen-bond donors (Lipinski definition) is 2. The summed E-state index contributed by atoms with van der Waals surface area (Å²) in [6, 6.07) is 0. The fourth-order valence-corrected chi connectivity index (χ4v) is 3.14. The highest BCUT2D eigenvalue weighted by Gasteiger charge is 2.18. The van der Waals surface area contributed by atoms with Gasteiger partial charge in [-0.2, -0.15) is 0 Å². The van der Waals surface area contributed by atoms with Gasteiger partial charge in [-0.3, -0.25) is 14.2 Å². The van der Waals surface area contributed by atoms with E-state index in [0.29, 0.717) is 40.4 Å². The summed E-state index contributed by atoms with van der Waals surface area (Å²) in [6.07, 6.45) is 1.50. The van der Waals surface area contributed by atoms with Crippen LogP contribution in [-0.4, -0.2) is 46.9 Å². The van der Waals surface area contributed by atoms with Crippen LogP contribution < -0.4 is 10.9 Å². The fourth-order valence-electron chi connectivity index (χ4n) is 2.08. The molecule has 0 aliphatic rings. The van der Waals surface area contributed by atoms with Gasteiger partial charge in [0.2, 0.25) is 0 Å². The number of nitrogens with one attached hydrogen (secondary N) is 1. The van der Waals surface area contributed by atoms with Gasteiger partial charge in [-0.05, 0) is 19.4 Å². The lowest BCUT2D eigenvalue weighted by atomic mass is 10.2. The molecule has 8 heteroatoms. The number of carbonyl (C=O) groups excluding carboxylic acids is 1. The molecule has 0 aliphatic carbocycles. The molecular formula is C14H19N3O4S. The summed E-state index contributed by atoms with van der Waals surface area (Å²) < 4.78 is 6.60. The third-order valence-corrected chi connectivity index (χ3v) is 4.43. The average molecular weight is 325 g/mol. The van der Waals surface area contributed by atoms with Crippen molar-refractivity contribution in [3.63, 3.8) is 0 Å². The van der Waals surface area contributed by atoms with Crippen LogP contribution in [0.4, 0.5) is 0 Å². The zero-order chi connectivity index (χ0) is 16.1. The van der Waals surface area contributed by atoms with Crippen molar-refractivity contribution in [3.8, 4) is 0 Å². The number of aliphatic hydroxyl groups excluding tert-OH is 1. The molecule has 0 atom stereocenters. The highest BCUT2D eigenvalue weighted by Crippen LogP contribution is 2.26. The third kappa shape index (κ3) is 3.34. The molecule has 0 saturated carbocycles. The molecule has 2 heterocycles. The van der Waals surface area contributed by atoms with Crippen LogP contribution in [0.1, 0.15) is 22.2 Å². The Labute approximate surface area is 131 Å². The molecular weight excluding hydrogens is 306 g/mol. The number of aryl methyl sites for hydroxylation is 2. The summed E-state index contributed by atoms with van der Waals surface area (Å²) in [5, 5.41) is 11.8. The summed E-state index contributed by atoms with van der Waals surface area (Å²) in [5.41, 5.74) is 0.542. The SMILES string of the molecule is CCn1cnc2sc(C(=O)NCCOCCO)c(C)c2c1=O. The molecule has 0 radical (unpaired) electrons. The van der Waals surface area contributed by atoms with Crippen LogP contribution in [-0.2, 0) is 11.3 Å². The van der Waals surface area contributed by atoms with Gasteiger partial charge in [-0.25, -0.2) is 4.98 Å². The van der Waals surface area contributed by atoms with E-state index in [1.54, 1.807) is 6.92 Å². The highest BCUT2D eigenvalue weighted by atomic mass is 32.1. The Hall–Kier alpha value is -1.77. The predicted molar refractivity (Wildman–Crippen MR) is 84.5 cm³/mol. The minimum atomic E-state index is -0.240. The molecule has 0 spiro atoms. The minimum absolute atomic E-state index is 0.0429. The first-order chi connectivity index (χ1) is 10.6. The quantitative estimate of drug-likeness (QED) is 0.724. The Morgan fingerprint density at radius 1 is 1.50 bits per heavy atom.